The highest BCUT2D eigenvalue weighted by Gasteiger charge is 2.40. The normalized spacial score (nSPS) is 24.9. The Hall–Kier alpha value is -0.0631. The number of quaternary nitrogens is 1. The fourth-order valence-corrected chi connectivity index (χ4v) is 5.41. The molecule has 0 aromatic rings. The van der Waals surface area contributed by atoms with Crippen LogP contribution < -0.4 is 0 Å². The fraction of sp³-hybridized carbons (Fsp3) is 1.00. The highest BCUT2D eigenvalue weighted by molar-refractivity contribution is 6.59. The molecule has 0 aliphatic carbocycles. The predicted molar refractivity (Wildman–Crippen MR) is 117 cm³/mol. The van der Waals surface area contributed by atoms with Gasteiger partial charge < -0.3 is 32.7 Å². The van der Waals surface area contributed by atoms with Crippen LogP contribution in [0.3, 0.4) is 0 Å². The number of rotatable bonds is 17. The Kier molecular flexibility index (Phi) is 14.6. The van der Waals surface area contributed by atoms with Gasteiger partial charge >= 0.3 is 8.80 Å². The lowest BCUT2D eigenvalue weighted by atomic mass is 10.1. The number of hydrogen-bond acceptors (Lipinski definition) is 6. The highest BCUT2D eigenvalue weighted by Crippen LogP contribution is 2.20. The first-order valence-electron chi connectivity index (χ1n) is 11.6. The molecule has 0 spiro atoms. The number of aliphatic hydroxyl groups is 1. The zero-order chi connectivity index (χ0) is 21.4. The van der Waals surface area contributed by atoms with Gasteiger partial charge in [0.15, 0.2) is 0 Å². The molecular weight excluding hydrogens is 390 g/mol. The zero-order valence-electron chi connectivity index (χ0n) is 19.1. The monoisotopic (exact) mass is 436 g/mol. The molecule has 1 rings (SSSR count). The first-order chi connectivity index (χ1) is 14.0. The van der Waals surface area contributed by atoms with E-state index in [2.05, 4.69) is 20.9 Å². The summed E-state index contributed by atoms with van der Waals surface area (Å²) >= 11 is 0. The van der Waals surface area contributed by atoms with Gasteiger partial charge in [-0.1, -0.05) is 33.1 Å². The summed E-state index contributed by atoms with van der Waals surface area (Å²) < 4.78 is 23.3. The molecule has 3 unspecified atom stereocenters. The molecule has 0 aromatic carbocycles. The topological polar surface area (TPSA) is 77.4 Å². The minimum absolute atomic E-state index is 0.0174. The minimum atomic E-state index is -3.20. The van der Waals surface area contributed by atoms with Gasteiger partial charge in [-0.2, -0.15) is 0 Å². The zero-order valence-corrected chi connectivity index (χ0v) is 20.1. The Labute approximate surface area is 179 Å². The van der Waals surface area contributed by atoms with E-state index in [9.17, 15) is 4.80 Å². The molecule has 0 radical (unpaired) electrons. The molecule has 1 saturated heterocycles. The number of hydrogen-bond donors (Lipinski definition) is 2. The van der Waals surface area contributed by atoms with E-state index in [0.717, 1.165) is 17.4 Å². The second-order valence-corrected chi connectivity index (χ2v) is 11.0. The average molecular weight is 437 g/mol. The van der Waals surface area contributed by atoms with Crippen LogP contribution in [-0.4, -0.2) is 89.2 Å². The molecular formula is C21H46NO6Si+. The molecule has 29 heavy (non-hydrogen) atoms. The fourth-order valence-electron chi connectivity index (χ4n) is 3.74. The molecule has 174 valence electrons. The van der Waals surface area contributed by atoms with Gasteiger partial charge in [-0.25, -0.2) is 0 Å². The molecule has 1 aliphatic rings. The minimum Gasteiger partial charge on any atom is -0.394 e. The Bertz CT molecular complexity index is 405. The SMILES string of the molecule is CCCCCC[N+](C)(CCCCC)CCC[Si]1(O)OCOC(COCCO)CO1. The third-order valence-electron chi connectivity index (χ3n) is 5.67. The number of unbranched alkanes of at least 4 members (excludes halogenated alkanes) is 5. The Morgan fingerprint density at radius 2 is 1.62 bits per heavy atom. The lowest BCUT2D eigenvalue weighted by Crippen LogP contribution is -2.48. The van der Waals surface area contributed by atoms with Crippen LogP contribution >= 0.6 is 0 Å². The second-order valence-electron chi connectivity index (χ2n) is 8.53. The van der Waals surface area contributed by atoms with Crippen molar-refractivity contribution in [1.82, 2.24) is 0 Å². The van der Waals surface area contributed by atoms with Crippen LogP contribution in [0.2, 0.25) is 6.04 Å². The molecule has 0 amide bonds. The molecule has 7 nitrogen and oxygen atoms in total. The summed E-state index contributed by atoms with van der Waals surface area (Å²) in [4.78, 5) is 10.8. The van der Waals surface area contributed by atoms with Crippen LogP contribution in [0.5, 0.6) is 0 Å². The number of aliphatic hydroxyl groups excluding tert-OH is 1. The quantitative estimate of drug-likeness (QED) is 0.207. The van der Waals surface area contributed by atoms with Crippen LogP contribution in [0.1, 0.15) is 65.2 Å². The molecule has 1 fully saturated rings. The van der Waals surface area contributed by atoms with E-state index in [0.29, 0.717) is 12.7 Å². The van der Waals surface area contributed by atoms with Crippen molar-refractivity contribution in [1.29, 1.82) is 0 Å². The van der Waals surface area contributed by atoms with Crippen molar-refractivity contribution in [2.75, 3.05) is 59.9 Å². The van der Waals surface area contributed by atoms with E-state index < -0.39 is 8.80 Å². The van der Waals surface area contributed by atoms with Gasteiger partial charge in [0.2, 0.25) is 0 Å². The molecule has 3 atom stereocenters. The van der Waals surface area contributed by atoms with Crippen LogP contribution in [0.4, 0.5) is 0 Å². The van der Waals surface area contributed by atoms with E-state index in [1.807, 2.05) is 0 Å². The highest BCUT2D eigenvalue weighted by atomic mass is 28.4. The van der Waals surface area contributed by atoms with Crippen molar-refractivity contribution in [2.45, 2.75) is 77.4 Å². The van der Waals surface area contributed by atoms with E-state index >= 15 is 0 Å². The lowest BCUT2D eigenvalue weighted by Gasteiger charge is -2.35. The average Bonchev–Trinajstić information content (AvgIpc) is 2.88. The standard InChI is InChI=1S/C21H46NO6Si/c1-4-6-8-10-13-22(3,12-9-7-5-2)14-11-17-29(24)27-19-21(26-20-28-29)18-25-16-15-23/h21,23-24H,4-20H2,1-3H3/q+1. The Morgan fingerprint density at radius 1 is 0.966 bits per heavy atom. The summed E-state index contributed by atoms with van der Waals surface area (Å²) in [6.45, 7) is 8.85. The van der Waals surface area contributed by atoms with E-state index in [1.165, 1.54) is 58.0 Å². The van der Waals surface area contributed by atoms with Gasteiger partial charge in [0.05, 0.1) is 53.1 Å². The summed E-state index contributed by atoms with van der Waals surface area (Å²) in [5.74, 6) is 0. The van der Waals surface area contributed by atoms with Gasteiger partial charge in [-0.3, -0.25) is 0 Å². The Morgan fingerprint density at radius 3 is 2.31 bits per heavy atom. The summed E-state index contributed by atoms with van der Waals surface area (Å²) in [5.41, 5.74) is 0. The maximum absolute atomic E-state index is 10.8. The summed E-state index contributed by atoms with van der Waals surface area (Å²) in [6, 6.07) is 0.567. The smallest absolute Gasteiger partial charge is 0.394 e. The largest absolute Gasteiger partial charge is 0.500 e. The summed E-state index contributed by atoms with van der Waals surface area (Å²) in [7, 11) is -0.837. The predicted octanol–water partition coefficient (Wildman–Crippen LogP) is 2.92. The molecule has 1 heterocycles. The first kappa shape index (κ1) is 27.0. The van der Waals surface area contributed by atoms with Crippen molar-refractivity contribution in [2.24, 2.45) is 0 Å². The van der Waals surface area contributed by atoms with Gasteiger partial charge in [-0.05, 0) is 25.7 Å². The summed E-state index contributed by atoms with van der Waals surface area (Å²) in [6.07, 6.45) is 9.57. The molecule has 1 aliphatic heterocycles. The lowest BCUT2D eigenvalue weighted by molar-refractivity contribution is -0.910. The van der Waals surface area contributed by atoms with Crippen molar-refractivity contribution in [3.05, 3.63) is 0 Å². The maximum atomic E-state index is 10.8. The van der Waals surface area contributed by atoms with Crippen molar-refractivity contribution in [3.63, 3.8) is 0 Å². The molecule has 0 saturated carbocycles. The third kappa shape index (κ3) is 12.4. The van der Waals surface area contributed by atoms with Crippen molar-refractivity contribution >= 4 is 8.80 Å². The van der Waals surface area contributed by atoms with Crippen molar-refractivity contribution < 1.29 is 32.7 Å². The molecule has 2 N–H and O–H groups in total. The van der Waals surface area contributed by atoms with E-state index in [4.69, 9.17) is 23.4 Å². The van der Waals surface area contributed by atoms with Crippen LogP contribution in [0.25, 0.3) is 0 Å². The maximum Gasteiger partial charge on any atom is 0.500 e. The van der Waals surface area contributed by atoms with Gasteiger partial charge in [0, 0.05) is 12.5 Å². The second kappa shape index (κ2) is 15.7. The van der Waals surface area contributed by atoms with Gasteiger partial charge in [0.1, 0.15) is 12.9 Å². The van der Waals surface area contributed by atoms with Crippen LogP contribution in [0.15, 0.2) is 0 Å². The number of ether oxygens (including phenoxy) is 2. The Balaban J connectivity index is 2.43. The third-order valence-corrected chi connectivity index (χ3v) is 7.84. The van der Waals surface area contributed by atoms with E-state index in [-0.39, 0.29) is 32.7 Å². The molecule has 8 heteroatoms. The van der Waals surface area contributed by atoms with Gasteiger partial charge in [0.25, 0.3) is 0 Å². The summed E-state index contributed by atoms with van der Waals surface area (Å²) in [5, 5.41) is 8.79. The molecule has 0 aromatic heterocycles. The van der Waals surface area contributed by atoms with Gasteiger partial charge in [-0.15, -0.1) is 0 Å². The number of nitrogens with zero attached hydrogens (tertiary/aromatic N) is 1. The van der Waals surface area contributed by atoms with Crippen molar-refractivity contribution in [3.8, 4) is 0 Å². The van der Waals surface area contributed by atoms with Crippen LogP contribution in [0, 0.1) is 0 Å². The first-order valence-corrected chi connectivity index (χ1v) is 13.6. The van der Waals surface area contributed by atoms with E-state index in [1.54, 1.807) is 0 Å². The molecule has 0 bridgehead atoms. The van der Waals surface area contributed by atoms with Crippen LogP contribution in [-0.2, 0) is 18.3 Å².